The number of hydrogen-bond donors (Lipinski definition) is 1. The number of ether oxygens (including phenoxy) is 1. The maximum Gasteiger partial charge on any atom is 0.341 e. The molecule has 1 N–H and O–H groups in total. The van der Waals surface area contributed by atoms with Crippen molar-refractivity contribution in [2.75, 3.05) is 6.61 Å². The standard InChI is InChI=1S/C10H12O3.C2H6/c1-7-3-8(2)5-9(4-7)13-6-10(11)12;1-2/h3-5H,6H2,1-2H3,(H,11,12);1-2H3. The van der Waals surface area contributed by atoms with E-state index in [1.165, 1.54) is 0 Å². The van der Waals surface area contributed by atoms with Gasteiger partial charge < -0.3 is 9.84 Å². The van der Waals surface area contributed by atoms with Crippen LogP contribution in [0.5, 0.6) is 5.75 Å². The number of carboxylic acid groups (broad SMARTS) is 1. The third kappa shape index (κ3) is 5.73. The molecule has 0 aliphatic rings. The van der Waals surface area contributed by atoms with Crippen LogP contribution < -0.4 is 4.74 Å². The van der Waals surface area contributed by atoms with Crippen LogP contribution in [0, 0.1) is 13.8 Å². The molecule has 1 aromatic carbocycles. The number of aliphatic carboxylic acids is 1. The summed E-state index contributed by atoms with van der Waals surface area (Å²) < 4.78 is 5.03. The van der Waals surface area contributed by atoms with E-state index in [-0.39, 0.29) is 6.61 Å². The Morgan fingerprint density at radius 3 is 2.07 bits per heavy atom. The predicted molar refractivity (Wildman–Crippen MR) is 60.4 cm³/mol. The van der Waals surface area contributed by atoms with Gasteiger partial charge >= 0.3 is 5.97 Å². The van der Waals surface area contributed by atoms with Crippen LogP contribution in [-0.2, 0) is 4.79 Å². The summed E-state index contributed by atoms with van der Waals surface area (Å²) >= 11 is 0. The first-order valence-corrected chi connectivity index (χ1v) is 5.01. The lowest BCUT2D eigenvalue weighted by Crippen LogP contribution is -2.09. The molecule has 3 heteroatoms. The molecule has 0 aliphatic carbocycles. The molecule has 0 unspecified atom stereocenters. The predicted octanol–water partition coefficient (Wildman–Crippen LogP) is 2.79. The van der Waals surface area contributed by atoms with Crippen molar-refractivity contribution in [2.24, 2.45) is 0 Å². The van der Waals surface area contributed by atoms with Crippen LogP contribution in [0.3, 0.4) is 0 Å². The molecule has 0 radical (unpaired) electrons. The third-order valence-electron chi connectivity index (χ3n) is 1.56. The van der Waals surface area contributed by atoms with E-state index in [0.29, 0.717) is 5.75 Å². The highest BCUT2D eigenvalue weighted by Gasteiger charge is 1.99. The van der Waals surface area contributed by atoms with Gasteiger partial charge in [0.25, 0.3) is 0 Å². The molecule has 3 nitrogen and oxygen atoms in total. The van der Waals surface area contributed by atoms with Crippen molar-refractivity contribution in [2.45, 2.75) is 27.7 Å². The normalized spacial score (nSPS) is 8.80. The molecule has 84 valence electrons. The van der Waals surface area contributed by atoms with E-state index >= 15 is 0 Å². The second-order valence-electron chi connectivity index (χ2n) is 3.01. The summed E-state index contributed by atoms with van der Waals surface area (Å²) in [6, 6.07) is 5.64. The van der Waals surface area contributed by atoms with Gasteiger partial charge in [0, 0.05) is 0 Å². The zero-order valence-electron chi connectivity index (χ0n) is 9.70. The summed E-state index contributed by atoms with van der Waals surface area (Å²) in [5.74, 6) is -0.348. The molecule has 1 rings (SSSR count). The first-order valence-electron chi connectivity index (χ1n) is 5.01. The summed E-state index contributed by atoms with van der Waals surface area (Å²) in [6.45, 7) is 7.60. The Bertz CT molecular complexity index is 298. The molecule has 0 saturated heterocycles. The number of benzene rings is 1. The smallest absolute Gasteiger partial charge is 0.341 e. The highest BCUT2D eigenvalue weighted by Crippen LogP contribution is 2.15. The molecule has 15 heavy (non-hydrogen) atoms. The maximum atomic E-state index is 10.2. The lowest BCUT2D eigenvalue weighted by molar-refractivity contribution is -0.139. The average molecular weight is 210 g/mol. The van der Waals surface area contributed by atoms with Gasteiger partial charge in [-0.05, 0) is 37.1 Å². The molecule has 0 fully saturated rings. The average Bonchev–Trinajstić information content (AvgIpc) is 2.16. The van der Waals surface area contributed by atoms with Crippen LogP contribution in [0.1, 0.15) is 25.0 Å². The molecule has 0 saturated carbocycles. The van der Waals surface area contributed by atoms with Crippen LogP contribution in [0.4, 0.5) is 0 Å². The van der Waals surface area contributed by atoms with Gasteiger partial charge in [0.15, 0.2) is 6.61 Å². The Labute approximate surface area is 90.7 Å². The number of hydrogen-bond acceptors (Lipinski definition) is 2. The van der Waals surface area contributed by atoms with Crippen molar-refractivity contribution < 1.29 is 14.6 Å². The minimum atomic E-state index is -0.959. The van der Waals surface area contributed by atoms with E-state index in [9.17, 15) is 4.79 Å². The fourth-order valence-corrected chi connectivity index (χ4v) is 1.16. The zero-order valence-corrected chi connectivity index (χ0v) is 9.70. The van der Waals surface area contributed by atoms with E-state index in [1.54, 1.807) is 0 Å². The quantitative estimate of drug-likeness (QED) is 0.834. The van der Waals surface area contributed by atoms with E-state index in [1.807, 2.05) is 45.9 Å². The van der Waals surface area contributed by atoms with Gasteiger partial charge in [-0.15, -0.1) is 0 Å². The van der Waals surface area contributed by atoms with Gasteiger partial charge in [-0.3, -0.25) is 0 Å². The van der Waals surface area contributed by atoms with Crippen LogP contribution in [0.15, 0.2) is 18.2 Å². The van der Waals surface area contributed by atoms with Gasteiger partial charge in [-0.2, -0.15) is 0 Å². The summed E-state index contributed by atoms with van der Waals surface area (Å²) in [6.07, 6.45) is 0. The van der Waals surface area contributed by atoms with Crippen molar-refractivity contribution in [3.05, 3.63) is 29.3 Å². The van der Waals surface area contributed by atoms with Crippen molar-refractivity contribution >= 4 is 5.97 Å². The third-order valence-corrected chi connectivity index (χ3v) is 1.56. The van der Waals surface area contributed by atoms with Crippen LogP contribution in [0.2, 0.25) is 0 Å². The highest BCUT2D eigenvalue weighted by atomic mass is 16.5. The second-order valence-corrected chi connectivity index (χ2v) is 3.01. The van der Waals surface area contributed by atoms with E-state index in [2.05, 4.69) is 0 Å². The number of carbonyl (C=O) groups is 1. The Morgan fingerprint density at radius 2 is 1.67 bits per heavy atom. The highest BCUT2D eigenvalue weighted by molar-refractivity contribution is 5.68. The topological polar surface area (TPSA) is 46.5 Å². The largest absolute Gasteiger partial charge is 0.482 e. The minimum Gasteiger partial charge on any atom is -0.482 e. The molecule has 0 heterocycles. The summed E-state index contributed by atoms with van der Waals surface area (Å²) in [5.41, 5.74) is 2.14. The first-order chi connectivity index (χ1) is 7.08. The van der Waals surface area contributed by atoms with Crippen molar-refractivity contribution in [1.29, 1.82) is 0 Å². The Morgan fingerprint density at radius 1 is 1.20 bits per heavy atom. The molecule has 0 spiro atoms. The number of aryl methyl sites for hydroxylation is 2. The number of carboxylic acids is 1. The fourth-order valence-electron chi connectivity index (χ4n) is 1.16. The van der Waals surface area contributed by atoms with Crippen LogP contribution in [0.25, 0.3) is 0 Å². The van der Waals surface area contributed by atoms with E-state index < -0.39 is 5.97 Å². The number of rotatable bonds is 3. The van der Waals surface area contributed by atoms with Crippen molar-refractivity contribution in [3.63, 3.8) is 0 Å². The molecule has 0 aromatic heterocycles. The molecule has 1 aromatic rings. The lowest BCUT2D eigenvalue weighted by atomic mass is 10.1. The Kier molecular flexibility index (Phi) is 6.18. The SMILES string of the molecule is CC.Cc1cc(C)cc(OCC(=O)O)c1. The van der Waals surface area contributed by atoms with Crippen molar-refractivity contribution in [1.82, 2.24) is 0 Å². The zero-order chi connectivity index (χ0) is 11.8. The van der Waals surface area contributed by atoms with Gasteiger partial charge in [-0.1, -0.05) is 19.9 Å². The molecule has 0 amide bonds. The molecule has 0 bridgehead atoms. The summed E-state index contributed by atoms with van der Waals surface area (Å²) in [5, 5.41) is 8.39. The molecule has 0 atom stereocenters. The van der Waals surface area contributed by atoms with Gasteiger partial charge in [-0.25, -0.2) is 4.79 Å². The summed E-state index contributed by atoms with van der Waals surface area (Å²) in [7, 11) is 0. The second kappa shape index (κ2) is 6.87. The maximum absolute atomic E-state index is 10.2. The lowest BCUT2D eigenvalue weighted by Gasteiger charge is -2.05. The van der Waals surface area contributed by atoms with Gasteiger partial charge in [0.1, 0.15) is 5.75 Å². The first kappa shape index (κ1) is 13.5. The van der Waals surface area contributed by atoms with Gasteiger partial charge in [0.05, 0.1) is 0 Å². The molecular weight excluding hydrogens is 192 g/mol. The van der Waals surface area contributed by atoms with Crippen molar-refractivity contribution in [3.8, 4) is 5.75 Å². The van der Waals surface area contributed by atoms with E-state index in [4.69, 9.17) is 9.84 Å². The van der Waals surface area contributed by atoms with E-state index in [0.717, 1.165) is 11.1 Å². The Balaban J connectivity index is 0.000000921. The monoisotopic (exact) mass is 210 g/mol. The summed E-state index contributed by atoms with van der Waals surface area (Å²) in [4.78, 5) is 10.2. The van der Waals surface area contributed by atoms with Crippen LogP contribution >= 0.6 is 0 Å². The molecular formula is C12H18O3. The minimum absolute atomic E-state index is 0.289. The van der Waals surface area contributed by atoms with Gasteiger partial charge in [0.2, 0.25) is 0 Å². The molecule has 0 aliphatic heterocycles. The fraction of sp³-hybridized carbons (Fsp3) is 0.417. The van der Waals surface area contributed by atoms with Crippen LogP contribution in [-0.4, -0.2) is 17.7 Å². The Hall–Kier alpha value is -1.51.